The molecule has 3 aliphatic rings. The Morgan fingerprint density at radius 1 is 0.833 bits per heavy atom. The lowest BCUT2D eigenvalue weighted by atomic mass is 9.79. The van der Waals surface area contributed by atoms with Crippen LogP contribution in [0.4, 0.5) is 0 Å². The van der Waals surface area contributed by atoms with Gasteiger partial charge in [-0.2, -0.15) is 0 Å². The van der Waals surface area contributed by atoms with Crippen LogP contribution in [0.3, 0.4) is 0 Å². The Morgan fingerprint density at radius 2 is 1.63 bits per heavy atom. The predicted octanol–water partition coefficient (Wildman–Crippen LogP) is 3.83. The van der Waals surface area contributed by atoms with Crippen molar-refractivity contribution >= 4 is 0 Å². The Hall–Kier alpha value is -1.79. The maximum Gasteiger partial charge on any atom is 0.171 e. The summed E-state index contributed by atoms with van der Waals surface area (Å²) in [4.78, 5) is 5.56. The first kappa shape index (κ1) is 20.1. The molecule has 2 saturated carbocycles. The van der Waals surface area contributed by atoms with E-state index in [-0.39, 0.29) is 5.54 Å². The molecular weight excluding hydrogens is 372 g/mol. The summed E-state index contributed by atoms with van der Waals surface area (Å²) >= 11 is 0. The van der Waals surface area contributed by atoms with Crippen LogP contribution in [0, 0.1) is 0 Å². The van der Waals surface area contributed by atoms with Gasteiger partial charge < -0.3 is 0 Å². The van der Waals surface area contributed by atoms with Gasteiger partial charge in [0.15, 0.2) is 5.82 Å². The third-order valence-electron chi connectivity index (χ3n) is 7.78. The summed E-state index contributed by atoms with van der Waals surface area (Å²) in [7, 11) is 0. The molecule has 6 heteroatoms. The number of hydrogen-bond acceptors (Lipinski definition) is 5. The molecule has 1 aromatic carbocycles. The van der Waals surface area contributed by atoms with Gasteiger partial charge in [-0.05, 0) is 54.6 Å². The van der Waals surface area contributed by atoms with E-state index in [2.05, 4.69) is 60.3 Å². The lowest BCUT2D eigenvalue weighted by molar-refractivity contribution is 0.0371. The van der Waals surface area contributed by atoms with Crippen LogP contribution in [0.1, 0.15) is 75.6 Å². The van der Waals surface area contributed by atoms with E-state index in [0.717, 1.165) is 25.0 Å². The molecule has 2 aromatic rings. The van der Waals surface area contributed by atoms with E-state index in [0.29, 0.717) is 0 Å². The van der Waals surface area contributed by atoms with Crippen molar-refractivity contribution < 1.29 is 0 Å². The first-order chi connectivity index (χ1) is 14.9. The molecule has 1 aliphatic heterocycles. The van der Waals surface area contributed by atoms with Gasteiger partial charge in [-0.1, -0.05) is 62.4 Å². The van der Waals surface area contributed by atoms with Crippen molar-refractivity contribution in [1.82, 2.24) is 30.0 Å². The molecule has 6 nitrogen and oxygen atoms in total. The van der Waals surface area contributed by atoms with Gasteiger partial charge >= 0.3 is 0 Å². The summed E-state index contributed by atoms with van der Waals surface area (Å²) in [6.07, 6.45) is 13.2. The molecular formula is C24H36N6. The second-order valence-electron chi connectivity index (χ2n) is 9.55. The molecule has 0 atom stereocenters. The van der Waals surface area contributed by atoms with Crippen LogP contribution in [0.2, 0.25) is 0 Å². The average Bonchev–Trinajstić information content (AvgIpc) is 3.43. The molecule has 2 heterocycles. The second-order valence-corrected chi connectivity index (χ2v) is 9.55. The molecule has 1 saturated heterocycles. The van der Waals surface area contributed by atoms with Crippen LogP contribution in [-0.2, 0) is 12.1 Å². The minimum atomic E-state index is 0.00220. The first-order valence-corrected chi connectivity index (χ1v) is 12.1. The summed E-state index contributed by atoms with van der Waals surface area (Å²) in [5.41, 5.74) is 1.27. The highest BCUT2D eigenvalue weighted by Gasteiger charge is 2.44. The molecule has 0 spiro atoms. The van der Waals surface area contributed by atoms with Crippen molar-refractivity contribution in [2.45, 2.75) is 82.3 Å². The summed E-state index contributed by atoms with van der Waals surface area (Å²) < 4.78 is 2.08. The van der Waals surface area contributed by atoms with Crippen molar-refractivity contribution in [2.24, 2.45) is 0 Å². The third kappa shape index (κ3) is 4.04. The largest absolute Gasteiger partial charge is 0.299 e. The van der Waals surface area contributed by atoms with Crippen LogP contribution in [-0.4, -0.2) is 62.2 Å². The maximum atomic E-state index is 4.66. The van der Waals surface area contributed by atoms with Gasteiger partial charge in [0, 0.05) is 25.7 Å². The van der Waals surface area contributed by atoms with Gasteiger partial charge in [-0.25, -0.2) is 4.68 Å². The fourth-order valence-electron chi connectivity index (χ4n) is 6.22. The van der Waals surface area contributed by atoms with E-state index >= 15 is 0 Å². The van der Waals surface area contributed by atoms with Gasteiger partial charge in [-0.3, -0.25) is 9.80 Å². The lowest BCUT2D eigenvalue weighted by Crippen LogP contribution is -2.51. The van der Waals surface area contributed by atoms with Crippen molar-refractivity contribution in [2.75, 3.05) is 26.2 Å². The number of nitrogens with zero attached hydrogens (tertiary/aromatic N) is 6. The smallest absolute Gasteiger partial charge is 0.171 e. The quantitative estimate of drug-likeness (QED) is 0.753. The Morgan fingerprint density at radius 3 is 2.43 bits per heavy atom. The zero-order chi connectivity index (χ0) is 20.2. The average molecular weight is 409 g/mol. The van der Waals surface area contributed by atoms with Crippen LogP contribution in [0.15, 0.2) is 30.3 Å². The standard InChI is InChI=1S/C24H36N6/c1-3-10-21(11-4-1)20-30-23(25-26-27-30)24(14-7-2-8-15-24)29-17-9-16-28(18-19-29)22-12-5-6-13-22/h1,3-4,10-11,22H,2,5-9,12-20H2. The lowest BCUT2D eigenvalue weighted by Gasteiger charge is -2.45. The molecule has 3 fully saturated rings. The van der Waals surface area contributed by atoms with Crippen LogP contribution in [0.5, 0.6) is 0 Å². The molecule has 162 valence electrons. The Kier molecular flexibility index (Phi) is 6.14. The van der Waals surface area contributed by atoms with E-state index in [1.54, 1.807) is 0 Å². The molecule has 30 heavy (non-hydrogen) atoms. The number of hydrogen-bond donors (Lipinski definition) is 0. The predicted molar refractivity (Wildman–Crippen MR) is 118 cm³/mol. The fraction of sp³-hybridized carbons (Fsp3) is 0.708. The third-order valence-corrected chi connectivity index (χ3v) is 7.78. The van der Waals surface area contributed by atoms with E-state index in [1.807, 2.05) is 0 Å². The van der Waals surface area contributed by atoms with E-state index in [9.17, 15) is 0 Å². The zero-order valence-corrected chi connectivity index (χ0v) is 18.3. The fourth-order valence-corrected chi connectivity index (χ4v) is 6.22. The minimum Gasteiger partial charge on any atom is -0.299 e. The zero-order valence-electron chi connectivity index (χ0n) is 18.3. The monoisotopic (exact) mass is 408 g/mol. The molecule has 2 aliphatic carbocycles. The van der Waals surface area contributed by atoms with Gasteiger partial charge in [0.1, 0.15) is 0 Å². The van der Waals surface area contributed by atoms with E-state index < -0.39 is 0 Å². The summed E-state index contributed by atoms with van der Waals surface area (Å²) in [5.74, 6) is 1.10. The topological polar surface area (TPSA) is 50.1 Å². The van der Waals surface area contributed by atoms with Crippen molar-refractivity contribution in [3.8, 4) is 0 Å². The van der Waals surface area contributed by atoms with Gasteiger partial charge in [0.25, 0.3) is 0 Å². The Balaban J connectivity index is 1.39. The van der Waals surface area contributed by atoms with Crippen molar-refractivity contribution in [3.63, 3.8) is 0 Å². The highest BCUT2D eigenvalue weighted by Crippen LogP contribution is 2.42. The number of benzene rings is 1. The minimum absolute atomic E-state index is 0.00220. The summed E-state index contributed by atoms with van der Waals surface area (Å²) in [5, 5.41) is 13.3. The summed E-state index contributed by atoms with van der Waals surface area (Å²) in [6.45, 7) is 5.53. The number of rotatable bonds is 5. The Labute approximate surface area is 180 Å². The number of tetrazole rings is 1. The molecule has 1 aromatic heterocycles. The van der Waals surface area contributed by atoms with Crippen molar-refractivity contribution in [3.05, 3.63) is 41.7 Å². The van der Waals surface area contributed by atoms with Crippen LogP contribution >= 0.6 is 0 Å². The second kappa shape index (κ2) is 9.15. The van der Waals surface area contributed by atoms with Gasteiger partial charge in [0.05, 0.1) is 12.1 Å². The first-order valence-electron chi connectivity index (χ1n) is 12.1. The molecule has 5 rings (SSSR count). The maximum absolute atomic E-state index is 4.66. The normalized spacial score (nSPS) is 24.1. The molecule has 0 radical (unpaired) electrons. The van der Waals surface area contributed by atoms with Crippen molar-refractivity contribution in [1.29, 1.82) is 0 Å². The van der Waals surface area contributed by atoms with E-state index in [1.165, 1.54) is 89.4 Å². The number of aromatic nitrogens is 4. The summed E-state index contributed by atoms with van der Waals surface area (Å²) in [6, 6.07) is 11.4. The molecule has 0 unspecified atom stereocenters. The molecule has 0 bridgehead atoms. The van der Waals surface area contributed by atoms with Crippen LogP contribution < -0.4 is 0 Å². The Bertz CT molecular complexity index is 791. The van der Waals surface area contributed by atoms with Gasteiger partial charge in [-0.15, -0.1) is 5.10 Å². The molecule has 0 N–H and O–H groups in total. The van der Waals surface area contributed by atoms with Gasteiger partial charge in [0.2, 0.25) is 0 Å². The highest BCUT2D eigenvalue weighted by atomic mass is 15.6. The van der Waals surface area contributed by atoms with Crippen LogP contribution in [0.25, 0.3) is 0 Å². The highest BCUT2D eigenvalue weighted by molar-refractivity contribution is 5.16. The molecule has 0 amide bonds. The van der Waals surface area contributed by atoms with E-state index in [4.69, 9.17) is 0 Å². The SMILES string of the molecule is c1ccc(Cn2nnnc2C2(N3CCCN(C4CCCC4)CC3)CCCCC2)cc1.